The summed E-state index contributed by atoms with van der Waals surface area (Å²) in [7, 11) is 0. The van der Waals surface area contributed by atoms with Crippen molar-refractivity contribution in [1.82, 2.24) is 4.57 Å². The van der Waals surface area contributed by atoms with E-state index in [4.69, 9.17) is 4.74 Å². The third-order valence-electron chi connectivity index (χ3n) is 4.68. The molecule has 7 nitrogen and oxygen atoms in total. The Bertz CT molecular complexity index is 740. The van der Waals surface area contributed by atoms with Crippen LogP contribution in [-0.4, -0.2) is 21.1 Å². The van der Waals surface area contributed by atoms with Crippen molar-refractivity contribution >= 4 is 11.7 Å². The van der Waals surface area contributed by atoms with Crippen LogP contribution in [0.5, 0.6) is 0 Å². The molecule has 0 atom stereocenters. The quantitative estimate of drug-likeness (QED) is 0.453. The summed E-state index contributed by atoms with van der Waals surface area (Å²) < 4.78 is 6.37. The highest BCUT2D eigenvalue weighted by molar-refractivity contribution is 5.70. The normalized spacial score (nSPS) is 15.7. The Morgan fingerprint density at radius 3 is 2.46 bits per heavy atom. The van der Waals surface area contributed by atoms with E-state index in [1.54, 1.807) is 33.8 Å². The van der Waals surface area contributed by atoms with E-state index < -0.39 is 27.7 Å². The van der Waals surface area contributed by atoms with E-state index in [-0.39, 0.29) is 6.54 Å². The van der Waals surface area contributed by atoms with Crippen molar-refractivity contribution in [2.45, 2.75) is 78.4 Å². The van der Waals surface area contributed by atoms with Gasteiger partial charge in [0.25, 0.3) is 0 Å². The smallest absolute Gasteiger partial charge is 0.337 e. The molecule has 0 N–H and O–H groups in total. The summed E-state index contributed by atoms with van der Waals surface area (Å²) in [6.45, 7) is 6.56. The lowest BCUT2D eigenvalue weighted by atomic mass is 9.84. The van der Waals surface area contributed by atoms with Crippen molar-refractivity contribution in [3.8, 4) is 0 Å². The van der Waals surface area contributed by atoms with Gasteiger partial charge in [-0.3, -0.25) is 24.3 Å². The van der Waals surface area contributed by atoms with Crippen molar-refractivity contribution in [3.63, 3.8) is 0 Å². The van der Waals surface area contributed by atoms with E-state index in [1.165, 1.54) is 6.42 Å². The molecule has 1 aromatic rings. The first-order chi connectivity index (χ1) is 12.1. The molecule has 0 aromatic carbocycles. The molecule has 7 heteroatoms. The molecule has 0 unspecified atom stereocenters. The number of aryl methyl sites for hydroxylation is 1. The third-order valence-corrected chi connectivity index (χ3v) is 4.68. The third kappa shape index (κ3) is 5.16. The molecule has 1 fully saturated rings. The number of aromatic nitrogens is 1. The number of rotatable bonds is 5. The monoisotopic (exact) mass is 364 g/mol. The van der Waals surface area contributed by atoms with Crippen LogP contribution in [0.15, 0.2) is 10.9 Å². The van der Waals surface area contributed by atoms with Crippen LogP contribution in [0.25, 0.3) is 0 Å². The van der Waals surface area contributed by atoms with Gasteiger partial charge in [0.05, 0.1) is 4.92 Å². The van der Waals surface area contributed by atoms with Crippen LogP contribution in [0.3, 0.4) is 0 Å². The second kappa shape index (κ2) is 8.01. The van der Waals surface area contributed by atoms with Gasteiger partial charge in [-0.05, 0) is 46.1 Å². The molecule has 1 aromatic heterocycles. The van der Waals surface area contributed by atoms with Crippen LogP contribution in [0.4, 0.5) is 5.69 Å². The fourth-order valence-corrected chi connectivity index (χ4v) is 3.58. The molecule has 0 aliphatic heterocycles. The lowest BCUT2D eigenvalue weighted by molar-refractivity contribution is -0.387. The van der Waals surface area contributed by atoms with Crippen LogP contribution in [0.2, 0.25) is 0 Å². The molecule has 0 saturated heterocycles. The Morgan fingerprint density at radius 2 is 1.92 bits per heavy atom. The summed E-state index contributed by atoms with van der Waals surface area (Å²) >= 11 is 0. The largest absolute Gasteiger partial charge is 0.459 e. The van der Waals surface area contributed by atoms with Gasteiger partial charge in [0.2, 0.25) is 0 Å². The number of ether oxygens (including phenoxy) is 1. The van der Waals surface area contributed by atoms with E-state index in [0.717, 1.165) is 30.3 Å². The minimum atomic E-state index is -0.730. The van der Waals surface area contributed by atoms with Gasteiger partial charge in [0.15, 0.2) is 0 Å². The van der Waals surface area contributed by atoms with E-state index in [2.05, 4.69) is 0 Å². The zero-order valence-electron chi connectivity index (χ0n) is 16.0. The number of carbonyl (C=O) groups excluding carboxylic acids is 1. The Balaban J connectivity index is 2.34. The van der Waals surface area contributed by atoms with Gasteiger partial charge >= 0.3 is 17.2 Å². The van der Waals surface area contributed by atoms with Gasteiger partial charge in [-0.1, -0.05) is 32.1 Å². The molecule has 1 heterocycles. The lowest BCUT2D eigenvalue weighted by Gasteiger charge is -2.22. The van der Waals surface area contributed by atoms with Crippen molar-refractivity contribution in [1.29, 1.82) is 0 Å². The van der Waals surface area contributed by atoms with E-state index >= 15 is 0 Å². The second-order valence-electron chi connectivity index (χ2n) is 8.10. The Hall–Kier alpha value is -2.18. The maximum Gasteiger partial charge on any atom is 0.337 e. The molecule has 1 saturated carbocycles. The fourth-order valence-electron chi connectivity index (χ4n) is 3.58. The van der Waals surface area contributed by atoms with Gasteiger partial charge in [-0.2, -0.15) is 0 Å². The molecule has 0 amide bonds. The maximum absolute atomic E-state index is 12.7. The number of nitrogens with zero attached hydrogens (tertiary/aromatic N) is 2. The highest BCUT2D eigenvalue weighted by Crippen LogP contribution is 2.29. The minimum Gasteiger partial charge on any atom is -0.459 e. The summed E-state index contributed by atoms with van der Waals surface area (Å²) in [4.78, 5) is 35.7. The van der Waals surface area contributed by atoms with Crippen LogP contribution < -0.4 is 5.56 Å². The average molecular weight is 364 g/mol. The van der Waals surface area contributed by atoms with Gasteiger partial charge in [0, 0.05) is 11.3 Å². The number of esters is 1. The summed E-state index contributed by atoms with van der Waals surface area (Å²) in [5.41, 5.74) is -0.805. The Morgan fingerprint density at radius 1 is 1.31 bits per heavy atom. The van der Waals surface area contributed by atoms with Gasteiger partial charge in [0.1, 0.15) is 12.1 Å². The van der Waals surface area contributed by atoms with E-state index in [0.29, 0.717) is 23.6 Å². The predicted octanol–water partition coefficient (Wildman–Crippen LogP) is 3.53. The van der Waals surface area contributed by atoms with Crippen molar-refractivity contribution < 1.29 is 14.5 Å². The molecule has 1 aliphatic rings. The summed E-state index contributed by atoms with van der Waals surface area (Å²) in [6.07, 6.45) is 6.09. The summed E-state index contributed by atoms with van der Waals surface area (Å²) in [5.74, 6) is -0.208. The predicted molar refractivity (Wildman–Crippen MR) is 98.2 cm³/mol. The molecular formula is C19H28N2O5. The van der Waals surface area contributed by atoms with Crippen LogP contribution in [0.1, 0.15) is 64.1 Å². The molecule has 0 radical (unpaired) electrons. The average Bonchev–Trinajstić information content (AvgIpc) is 2.50. The first-order valence-corrected chi connectivity index (χ1v) is 9.18. The first-order valence-electron chi connectivity index (χ1n) is 9.18. The zero-order chi connectivity index (χ0) is 19.5. The van der Waals surface area contributed by atoms with Gasteiger partial charge < -0.3 is 4.74 Å². The highest BCUT2D eigenvalue weighted by Gasteiger charge is 2.27. The highest BCUT2D eigenvalue weighted by atomic mass is 16.6. The van der Waals surface area contributed by atoms with E-state index in [1.807, 2.05) is 0 Å². The second-order valence-corrected chi connectivity index (χ2v) is 8.10. The number of carbonyl (C=O) groups is 1. The lowest BCUT2D eigenvalue weighted by Crippen LogP contribution is -2.33. The zero-order valence-corrected chi connectivity index (χ0v) is 16.0. The fraction of sp³-hybridized carbons (Fsp3) is 0.684. The van der Waals surface area contributed by atoms with Crippen LogP contribution >= 0.6 is 0 Å². The minimum absolute atomic E-state index is 0.327. The number of hydrogen-bond donors (Lipinski definition) is 0. The van der Waals surface area contributed by atoms with Crippen molar-refractivity contribution in [2.24, 2.45) is 5.92 Å². The molecule has 26 heavy (non-hydrogen) atoms. The molecule has 0 bridgehead atoms. The molecule has 1 aliphatic carbocycles. The van der Waals surface area contributed by atoms with Crippen LogP contribution in [0, 0.1) is 23.0 Å². The van der Waals surface area contributed by atoms with Crippen LogP contribution in [-0.2, 0) is 22.5 Å². The molecular weight excluding hydrogens is 336 g/mol. The van der Waals surface area contributed by atoms with Gasteiger partial charge in [-0.25, -0.2) is 0 Å². The molecule has 0 spiro atoms. The standard InChI is InChI=1S/C19H28N2O5/c1-13-10-15(11-14-8-6-5-7-9-14)17(21(24)25)18(23)20(13)12-16(22)26-19(2,3)4/h10,14H,5-9,11-12H2,1-4H3. The Kier molecular flexibility index (Phi) is 6.21. The maximum atomic E-state index is 12.7. The summed E-state index contributed by atoms with van der Waals surface area (Å²) in [5, 5.41) is 11.5. The number of pyridine rings is 1. The number of hydrogen-bond acceptors (Lipinski definition) is 5. The molecule has 144 valence electrons. The Labute approximate surface area is 153 Å². The van der Waals surface area contributed by atoms with Gasteiger partial charge in [-0.15, -0.1) is 0 Å². The molecule has 2 rings (SSSR count). The topological polar surface area (TPSA) is 91.4 Å². The summed E-state index contributed by atoms with van der Waals surface area (Å²) in [6, 6.07) is 1.68. The first kappa shape index (κ1) is 20.1. The van der Waals surface area contributed by atoms with Crippen molar-refractivity contribution in [2.75, 3.05) is 0 Å². The van der Waals surface area contributed by atoms with Crippen molar-refractivity contribution in [3.05, 3.63) is 37.8 Å². The van der Waals surface area contributed by atoms with E-state index in [9.17, 15) is 19.7 Å². The number of nitro groups is 1. The SMILES string of the molecule is Cc1cc(CC2CCCCC2)c([N+](=O)[O-])c(=O)n1CC(=O)OC(C)(C)C.